The first-order valence-corrected chi connectivity index (χ1v) is 11.0. The summed E-state index contributed by atoms with van der Waals surface area (Å²) in [6, 6.07) is 1.16. The van der Waals surface area contributed by atoms with E-state index in [2.05, 4.69) is 41.5 Å². The van der Waals surface area contributed by atoms with E-state index >= 15 is 0 Å². The topological polar surface area (TPSA) is 29.1 Å². The van der Waals surface area contributed by atoms with Gasteiger partial charge in [-0.15, -0.1) is 0 Å². The van der Waals surface area contributed by atoms with Crippen LogP contribution in [0.2, 0.25) is 22.3 Å². The van der Waals surface area contributed by atoms with Crippen molar-refractivity contribution in [3.63, 3.8) is 0 Å². The molecule has 0 aromatic heterocycles. The third-order valence-electron chi connectivity index (χ3n) is 3.39. The smallest absolute Gasteiger partial charge is 1.00 e. The van der Waals surface area contributed by atoms with Gasteiger partial charge in [0.05, 0.1) is 0 Å². The molecule has 17 heavy (non-hydrogen) atoms. The Kier molecular flexibility index (Phi) is 6.41. The van der Waals surface area contributed by atoms with E-state index in [1.165, 1.54) is 0 Å². The van der Waals surface area contributed by atoms with E-state index in [0.717, 1.165) is 12.5 Å². The van der Waals surface area contributed by atoms with Crippen molar-refractivity contribution < 1.29 is 53.1 Å². The summed E-state index contributed by atoms with van der Waals surface area (Å²) in [5.74, 6) is 0.321. The van der Waals surface area contributed by atoms with Crippen LogP contribution >= 0.6 is 0 Å². The molecule has 1 amide bonds. The maximum Gasteiger partial charge on any atom is -1.00 e. The third-order valence-corrected chi connectivity index (χ3v) is 11.2. The summed E-state index contributed by atoms with van der Waals surface area (Å²) in [5.41, 5.74) is 0. The fraction of sp³-hybridized carbons (Fsp3) is 0.545. The summed E-state index contributed by atoms with van der Waals surface area (Å²) in [7, 11) is -1.34. The number of nitrogens with one attached hydrogen (secondary N) is 1. The number of rotatable bonds is 3. The van der Waals surface area contributed by atoms with Crippen molar-refractivity contribution in [2.75, 3.05) is 0 Å². The van der Waals surface area contributed by atoms with E-state index in [4.69, 9.17) is 0 Å². The maximum absolute atomic E-state index is 11.6. The van der Waals surface area contributed by atoms with Crippen LogP contribution in [0.5, 0.6) is 0 Å². The molecule has 1 atom stereocenters. The summed E-state index contributed by atoms with van der Waals surface area (Å²) in [4.78, 5) is 11.6. The van der Waals surface area contributed by atoms with Crippen molar-refractivity contribution in [2.24, 2.45) is 0 Å². The van der Waals surface area contributed by atoms with Gasteiger partial charge in [0.15, 0.2) is 0 Å². The second-order valence-corrected chi connectivity index (χ2v) is 14.0. The van der Waals surface area contributed by atoms with Crippen LogP contribution in [0, 0.1) is 0 Å². The van der Waals surface area contributed by atoms with Crippen molar-refractivity contribution in [1.29, 1.82) is 0 Å². The van der Waals surface area contributed by atoms with Gasteiger partial charge < -0.3 is 24.8 Å². The Morgan fingerprint density at radius 3 is 2.47 bits per heavy atom. The standard InChI is InChI=1S/C11H18NOSi.2ClH.Zr/c1-9(11(12)13)8-14(2,3)10-6-4-5-7-10;;;/h4-6H,7-8H2,1-3H3,(H2,12,13);2*1H;/q;;;+3/p-3. The second kappa shape index (κ2) is 6.18. The zero-order valence-corrected chi connectivity index (χ0v) is 15.3. The molecule has 0 aromatic rings. The fourth-order valence-electron chi connectivity index (χ4n) is 2.40. The summed E-state index contributed by atoms with van der Waals surface area (Å²) in [5, 5.41) is 1.61. The van der Waals surface area contributed by atoms with E-state index in [0.29, 0.717) is 5.91 Å². The predicted octanol–water partition coefficient (Wildman–Crippen LogP) is -3.57. The Labute approximate surface area is 128 Å². The van der Waals surface area contributed by atoms with Crippen molar-refractivity contribution in [2.45, 2.75) is 35.6 Å². The van der Waals surface area contributed by atoms with Gasteiger partial charge in [-0.2, -0.15) is 0 Å². The molecule has 6 heteroatoms. The summed E-state index contributed by atoms with van der Waals surface area (Å²) in [6.07, 6.45) is 7.79. The molecule has 0 radical (unpaired) electrons. The number of hydrogen-bond donors (Lipinski definition) is 1. The van der Waals surface area contributed by atoms with Crippen molar-refractivity contribution >= 4 is 14.0 Å². The first-order valence-electron chi connectivity index (χ1n) is 5.38. The van der Waals surface area contributed by atoms with Gasteiger partial charge in [-0.25, -0.2) is 0 Å². The van der Waals surface area contributed by atoms with Gasteiger partial charge >= 0.3 is 105 Å². The zero-order chi connectivity index (χ0) is 11.1. The van der Waals surface area contributed by atoms with Crippen LogP contribution in [0.15, 0.2) is 23.4 Å². The predicted molar refractivity (Wildman–Crippen MR) is 60.6 cm³/mol. The van der Waals surface area contributed by atoms with Crippen LogP contribution in [0.25, 0.3) is 0 Å². The SMILES string of the molecule is C[C]1(C[Si](C)(C)C2=CC=CC2)[Zr+2][NH]C1=O.[Cl-].[Cl-]. The Bertz CT molecular complexity index is 370. The minimum Gasteiger partial charge on any atom is -1.00 e. The average molecular weight is 369 g/mol. The molecule has 1 heterocycles. The summed E-state index contributed by atoms with van der Waals surface area (Å²) < 4.78 is 3.12. The van der Waals surface area contributed by atoms with E-state index in [1.807, 2.05) is 0 Å². The zero-order valence-electron chi connectivity index (χ0n) is 10.3. The first kappa shape index (κ1) is 17.6. The monoisotopic (exact) mass is 367 g/mol. The minimum absolute atomic E-state index is 0. The molecule has 1 saturated heterocycles. The van der Waals surface area contributed by atoms with E-state index in [1.54, 1.807) is 5.20 Å². The van der Waals surface area contributed by atoms with Crippen molar-refractivity contribution in [1.82, 2.24) is 3.26 Å². The molecular formula is C11H17Cl2NOSiZr. The number of allylic oxidation sites excluding steroid dienone is 4. The van der Waals surface area contributed by atoms with E-state index in [-0.39, 0.29) is 27.9 Å². The Balaban J connectivity index is 0.00000128. The molecule has 0 aromatic carbocycles. The number of carbonyl (C=O) groups is 1. The molecule has 1 fully saturated rings. The Hall–Kier alpha value is 0.630. The molecule has 1 aliphatic carbocycles. The van der Waals surface area contributed by atoms with Gasteiger partial charge in [-0.3, -0.25) is 0 Å². The number of hydrogen-bond acceptors (Lipinski definition) is 1. The van der Waals surface area contributed by atoms with E-state index in [9.17, 15) is 4.79 Å². The molecule has 1 unspecified atom stereocenters. The molecule has 2 nitrogen and oxygen atoms in total. The summed E-state index contributed by atoms with van der Waals surface area (Å²) in [6.45, 7) is 6.99. The average Bonchev–Trinajstić information content (AvgIpc) is 2.68. The third kappa shape index (κ3) is 3.56. The molecule has 0 spiro atoms. The molecular weight excluding hydrogens is 352 g/mol. The quantitative estimate of drug-likeness (QED) is 0.513. The molecule has 94 valence electrons. The van der Waals surface area contributed by atoms with Crippen LogP contribution in [0.4, 0.5) is 0 Å². The van der Waals surface area contributed by atoms with Crippen LogP contribution < -0.4 is 28.1 Å². The molecule has 0 saturated carbocycles. The molecule has 1 N–H and O–H groups in total. The molecule has 2 aliphatic rings. The Morgan fingerprint density at radius 2 is 2.12 bits per heavy atom. The second-order valence-electron chi connectivity index (χ2n) is 5.30. The number of halogens is 2. The minimum atomic E-state index is -1.34. The molecule has 0 bridgehead atoms. The van der Waals surface area contributed by atoms with Gasteiger partial charge in [0, 0.05) is 0 Å². The fourth-order valence-corrected chi connectivity index (χ4v) is 11.4. The summed E-state index contributed by atoms with van der Waals surface area (Å²) >= 11 is -0.615. The van der Waals surface area contributed by atoms with E-state index < -0.39 is 31.6 Å². The largest absolute Gasteiger partial charge is 1.00 e. The normalized spacial score (nSPS) is 25.4. The molecule has 2 rings (SSSR count). The van der Waals surface area contributed by atoms with Crippen LogP contribution in [-0.4, -0.2) is 14.0 Å². The Morgan fingerprint density at radius 1 is 1.47 bits per heavy atom. The number of amides is 1. The number of carbonyl (C=O) groups excluding carboxylic acids is 1. The van der Waals surface area contributed by atoms with Crippen LogP contribution in [-0.2, 0) is 28.3 Å². The van der Waals surface area contributed by atoms with Gasteiger partial charge in [-0.05, 0) is 0 Å². The van der Waals surface area contributed by atoms with Gasteiger partial charge in [0.25, 0.3) is 0 Å². The molecule has 1 aliphatic heterocycles. The first-order chi connectivity index (χ1) is 6.94. The van der Waals surface area contributed by atoms with Gasteiger partial charge in [0.2, 0.25) is 0 Å². The van der Waals surface area contributed by atoms with Crippen LogP contribution in [0.3, 0.4) is 0 Å². The van der Waals surface area contributed by atoms with Gasteiger partial charge in [-0.1, -0.05) is 0 Å². The van der Waals surface area contributed by atoms with Gasteiger partial charge in [0.1, 0.15) is 0 Å². The maximum atomic E-state index is 11.6. The van der Waals surface area contributed by atoms with Crippen molar-refractivity contribution in [3.05, 3.63) is 23.4 Å². The van der Waals surface area contributed by atoms with Crippen LogP contribution in [0.1, 0.15) is 13.3 Å². The van der Waals surface area contributed by atoms with Crippen molar-refractivity contribution in [3.8, 4) is 0 Å².